The molecule has 61 heavy (non-hydrogen) atoms. The molecule has 0 unspecified atom stereocenters. The molecule has 0 aliphatic rings. The van der Waals surface area contributed by atoms with Gasteiger partial charge in [-0.2, -0.15) is 0 Å². The lowest BCUT2D eigenvalue weighted by Gasteiger charge is -2.30. The zero-order valence-corrected chi connectivity index (χ0v) is 36.2. The maximum atomic E-state index is 13.7. The van der Waals surface area contributed by atoms with Gasteiger partial charge in [-0.1, -0.05) is 55.4 Å². The predicted octanol–water partition coefficient (Wildman–Crippen LogP) is -3.72. The molecule has 0 aliphatic carbocycles. The highest BCUT2D eigenvalue weighted by Gasteiger charge is 2.36. The first kappa shape index (κ1) is 55.6. The van der Waals surface area contributed by atoms with E-state index in [0.717, 1.165) is 0 Å². The summed E-state index contributed by atoms with van der Waals surface area (Å²) in [6.07, 6.45) is -1.16. The summed E-state index contributed by atoms with van der Waals surface area (Å²) in [5, 5.41) is 45.0. The van der Waals surface area contributed by atoms with Gasteiger partial charge in [0.25, 0.3) is 0 Å². The molecule has 23 heteroatoms. The van der Waals surface area contributed by atoms with Gasteiger partial charge in [-0.3, -0.25) is 43.2 Å². The average Bonchev–Trinajstić information content (AvgIpc) is 3.16. The highest BCUT2D eigenvalue weighted by molar-refractivity contribution is 5.99. The Labute approximate surface area is 355 Å². The number of nitrogens with two attached hydrogens (primary N) is 3. The Bertz CT molecular complexity index is 1540. The first-order chi connectivity index (χ1) is 28.3. The molecule has 8 amide bonds. The van der Waals surface area contributed by atoms with E-state index in [2.05, 4.69) is 37.2 Å². The average molecular weight is 873 g/mol. The van der Waals surface area contributed by atoms with E-state index < -0.39 is 151 Å². The normalized spacial score (nSPS) is 15.3. The van der Waals surface area contributed by atoms with Gasteiger partial charge < -0.3 is 69.7 Å². The fraction of sp³-hybridized carbons (Fsp3) is 0.737. The number of rotatable bonds is 29. The number of amides is 8. The van der Waals surface area contributed by atoms with Crippen molar-refractivity contribution in [2.24, 2.45) is 40.9 Å². The summed E-state index contributed by atoms with van der Waals surface area (Å²) in [6.45, 7) is 12.3. The zero-order valence-electron chi connectivity index (χ0n) is 36.2. The molecule has 0 aromatic rings. The number of carbonyl (C=O) groups excluding carboxylic acids is 8. The number of hydrogen-bond donors (Lipinski definition) is 13. The molecule has 0 aromatic heterocycles. The molecule has 16 N–H and O–H groups in total. The molecule has 0 aliphatic heterocycles. The molecule has 0 fully saturated rings. The second-order valence-electron chi connectivity index (χ2n) is 16.1. The van der Waals surface area contributed by atoms with E-state index in [0.29, 0.717) is 6.42 Å². The van der Waals surface area contributed by atoms with Crippen LogP contribution in [0.2, 0.25) is 0 Å². The van der Waals surface area contributed by atoms with Crippen LogP contribution in [0.15, 0.2) is 0 Å². The van der Waals surface area contributed by atoms with Crippen LogP contribution < -0.4 is 54.4 Å². The van der Waals surface area contributed by atoms with Crippen molar-refractivity contribution in [1.29, 1.82) is 0 Å². The van der Waals surface area contributed by atoms with Crippen molar-refractivity contribution in [2.75, 3.05) is 13.2 Å². The largest absolute Gasteiger partial charge is 0.481 e. The predicted molar refractivity (Wildman–Crippen MR) is 219 cm³/mol. The van der Waals surface area contributed by atoms with Gasteiger partial charge in [0.15, 0.2) is 0 Å². The van der Waals surface area contributed by atoms with Gasteiger partial charge in [-0.25, -0.2) is 4.79 Å². The van der Waals surface area contributed by atoms with Gasteiger partial charge in [0.2, 0.25) is 47.3 Å². The first-order valence-corrected chi connectivity index (χ1v) is 20.2. The van der Waals surface area contributed by atoms with E-state index in [1.165, 1.54) is 13.8 Å². The summed E-state index contributed by atoms with van der Waals surface area (Å²) in [7, 11) is 0. The third-order valence-corrected chi connectivity index (χ3v) is 9.46. The van der Waals surface area contributed by atoms with Gasteiger partial charge in [0.1, 0.15) is 42.3 Å². The Morgan fingerprint density at radius 2 is 0.885 bits per heavy atom. The molecule has 0 aromatic carbocycles. The highest BCUT2D eigenvalue weighted by Crippen LogP contribution is 2.11. The fourth-order valence-electron chi connectivity index (χ4n) is 5.61. The van der Waals surface area contributed by atoms with Crippen LogP contribution in [0.25, 0.3) is 0 Å². The number of unbranched alkanes of at least 4 members (excludes halogenated alkanes) is 1. The van der Waals surface area contributed by atoms with Gasteiger partial charge in [0.05, 0.1) is 19.1 Å². The van der Waals surface area contributed by atoms with Crippen LogP contribution in [0, 0.1) is 23.7 Å². The number of aliphatic hydroxyl groups excluding tert-OH is 1. The van der Waals surface area contributed by atoms with Crippen molar-refractivity contribution in [1.82, 2.24) is 37.2 Å². The fourth-order valence-corrected chi connectivity index (χ4v) is 5.61. The van der Waals surface area contributed by atoms with Crippen LogP contribution in [0.3, 0.4) is 0 Å². The molecule has 0 radical (unpaired) electrons. The van der Waals surface area contributed by atoms with Crippen LogP contribution in [-0.4, -0.2) is 136 Å². The third-order valence-electron chi connectivity index (χ3n) is 9.46. The molecular weight excluding hydrogens is 804 g/mol. The van der Waals surface area contributed by atoms with E-state index in [-0.39, 0.29) is 25.3 Å². The number of primary amides is 1. The number of hydrogen-bond acceptors (Lipinski definition) is 13. The van der Waals surface area contributed by atoms with Crippen LogP contribution in [0.4, 0.5) is 0 Å². The number of aliphatic carboxylic acids is 2. The monoisotopic (exact) mass is 872 g/mol. The minimum atomic E-state index is -1.71. The summed E-state index contributed by atoms with van der Waals surface area (Å²) in [6, 6.07) is -11.1. The standard InChI is InChI=1S/C38H68N10O13/c1-17(2)27(41)34(56)47-30(20(7)8)37(59)48-29(19(5)6)35(57)44-23(15-25(40)50)32(54)42-21(11-9-10-14-39)31(53)46-28(18(3)4)36(58)45-24(16-49)33(55)43-22(38(60)61)12-13-26(51)52/h17-24,27-30,49H,9-16,39,41H2,1-8H3,(H2,40,50)(H,42,54)(H,43,55)(H,44,57)(H,45,58)(H,46,53)(H,47,56)(H,48,59)(H,51,52)(H,60,61)/t21-,22-,23-,24-,27-,28-,29-,30-/m0/s1. The van der Waals surface area contributed by atoms with E-state index in [1.807, 2.05) is 0 Å². The Hall–Kier alpha value is -5.42. The van der Waals surface area contributed by atoms with Crippen molar-refractivity contribution < 1.29 is 63.3 Å². The molecule has 0 rings (SSSR count). The lowest BCUT2D eigenvalue weighted by molar-refractivity contribution is -0.144. The SMILES string of the molecule is CC(C)[C@H](N)C(=O)N[C@H](C(=O)N[C@H](C(=O)N[C@@H](CC(N)=O)C(=O)N[C@@H](CCCCN)C(=O)N[C@H](C(=O)N[C@@H](CO)C(=O)N[C@@H](CCC(=O)O)C(=O)O)C(C)C)C(C)C)C(C)C. The van der Waals surface area contributed by atoms with Gasteiger partial charge in [-0.05, 0) is 55.9 Å². The lowest BCUT2D eigenvalue weighted by Crippen LogP contribution is -2.62. The van der Waals surface area contributed by atoms with Gasteiger partial charge in [-0.15, -0.1) is 0 Å². The third kappa shape index (κ3) is 20.1. The second kappa shape index (κ2) is 27.4. The first-order valence-electron chi connectivity index (χ1n) is 20.2. The van der Waals surface area contributed by atoms with Crippen molar-refractivity contribution in [2.45, 2.75) is 142 Å². The summed E-state index contributed by atoms with van der Waals surface area (Å²) < 4.78 is 0. The number of nitrogens with one attached hydrogen (secondary N) is 7. The van der Waals surface area contributed by atoms with Gasteiger partial charge in [0, 0.05) is 6.42 Å². The molecule has 0 saturated heterocycles. The smallest absolute Gasteiger partial charge is 0.326 e. The van der Waals surface area contributed by atoms with E-state index >= 15 is 0 Å². The topological polar surface area (TPSA) is 394 Å². The summed E-state index contributed by atoms with van der Waals surface area (Å²) in [5.41, 5.74) is 17.0. The Balaban J connectivity index is 6.30. The minimum absolute atomic E-state index is 0.0412. The van der Waals surface area contributed by atoms with Crippen LogP contribution in [0.1, 0.15) is 93.9 Å². The number of carbonyl (C=O) groups is 10. The highest BCUT2D eigenvalue weighted by atomic mass is 16.4. The molecule has 0 heterocycles. The maximum absolute atomic E-state index is 13.7. The Morgan fingerprint density at radius 3 is 1.30 bits per heavy atom. The zero-order chi connectivity index (χ0) is 47.3. The van der Waals surface area contributed by atoms with E-state index in [9.17, 15) is 58.2 Å². The molecule has 0 spiro atoms. The van der Waals surface area contributed by atoms with Crippen molar-refractivity contribution >= 4 is 59.2 Å². The van der Waals surface area contributed by atoms with Crippen LogP contribution >= 0.6 is 0 Å². The maximum Gasteiger partial charge on any atom is 0.326 e. The number of aliphatic hydroxyl groups is 1. The molecule has 348 valence electrons. The van der Waals surface area contributed by atoms with Crippen molar-refractivity contribution in [3.05, 3.63) is 0 Å². The molecule has 8 atom stereocenters. The van der Waals surface area contributed by atoms with Crippen molar-refractivity contribution in [3.8, 4) is 0 Å². The molecule has 0 bridgehead atoms. The minimum Gasteiger partial charge on any atom is -0.481 e. The summed E-state index contributed by atoms with van der Waals surface area (Å²) in [4.78, 5) is 128. The molecule has 0 saturated carbocycles. The van der Waals surface area contributed by atoms with E-state index in [1.54, 1.807) is 41.5 Å². The summed E-state index contributed by atoms with van der Waals surface area (Å²) in [5.74, 6) is -12.0. The lowest BCUT2D eigenvalue weighted by atomic mass is 9.98. The van der Waals surface area contributed by atoms with Crippen LogP contribution in [0.5, 0.6) is 0 Å². The van der Waals surface area contributed by atoms with Gasteiger partial charge >= 0.3 is 11.9 Å². The van der Waals surface area contributed by atoms with Crippen LogP contribution in [-0.2, 0) is 47.9 Å². The van der Waals surface area contributed by atoms with Crippen molar-refractivity contribution in [3.63, 3.8) is 0 Å². The Morgan fingerprint density at radius 1 is 0.492 bits per heavy atom. The quantitative estimate of drug-likeness (QED) is 0.0322. The molecular formula is C38H68N10O13. The second-order valence-corrected chi connectivity index (χ2v) is 16.1. The summed E-state index contributed by atoms with van der Waals surface area (Å²) >= 11 is 0. The molecule has 23 nitrogen and oxygen atoms in total. The van der Waals surface area contributed by atoms with E-state index in [4.69, 9.17) is 22.3 Å². The Kier molecular flexibility index (Phi) is 25.0. The number of carboxylic acids is 2. The number of carboxylic acid groups (broad SMARTS) is 2.